The molecule has 0 heterocycles. The van der Waals surface area contributed by atoms with Gasteiger partial charge in [0.1, 0.15) is 6.04 Å². The Kier molecular flexibility index (Phi) is 10.8. The Morgan fingerprint density at radius 3 is 2.42 bits per heavy atom. The Morgan fingerprint density at radius 1 is 1.26 bits per heavy atom. The average Bonchev–Trinajstić information content (AvgIpc) is 2.34. The maximum absolute atomic E-state index is 11.9. The number of hydrogen-bond acceptors (Lipinski definition) is 5. The van der Waals surface area contributed by atoms with E-state index >= 15 is 0 Å². The van der Waals surface area contributed by atoms with Crippen LogP contribution >= 0.6 is 0 Å². The van der Waals surface area contributed by atoms with Gasteiger partial charge in [-0.1, -0.05) is 20.8 Å². The number of nitrogens with one attached hydrogen (secondary N) is 1. The Hall–Kier alpha value is -0.650. The lowest BCUT2D eigenvalue weighted by Crippen LogP contribution is -2.48. The van der Waals surface area contributed by atoms with Gasteiger partial charge in [0, 0.05) is 26.7 Å². The van der Waals surface area contributed by atoms with E-state index < -0.39 is 0 Å². The summed E-state index contributed by atoms with van der Waals surface area (Å²) < 4.78 is 10.2. The minimum Gasteiger partial charge on any atom is -0.465 e. The third kappa shape index (κ3) is 8.97. The highest BCUT2D eigenvalue weighted by Crippen LogP contribution is 2.02. The first-order chi connectivity index (χ1) is 9.04. The zero-order valence-corrected chi connectivity index (χ0v) is 13.1. The highest BCUT2D eigenvalue weighted by Gasteiger charge is 2.22. The molecule has 0 fully saturated rings. The number of esters is 1. The molecule has 0 spiro atoms. The van der Waals surface area contributed by atoms with Crippen molar-refractivity contribution in [2.75, 3.05) is 46.5 Å². The number of likely N-dealkylation sites (N-methyl/N-ethyl adjacent to an activating group) is 1. The molecule has 1 atom stereocenters. The van der Waals surface area contributed by atoms with Gasteiger partial charge in [-0.05, 0) is 19.4 Å². The van der Waals surface area contributed by atoms with E-state index in [2.05, 4.69) is 24.1 Å². The zero-order valence-electron chi connectivity index (χ0n) is 13.1. The second-order valence-electron chi connectivity index (χ2n) is 5.01. The van der Waals surface area contributed by atoms with Crippen LogP contribution in [0.1, 0.15) is 27.7 Å². The van der Waals surface area contributed by atoms with Crippen molar-refractivity contribution in [2.45, 2.75) is 33.7 Å². The van der Waals surface area contributed by atoms with Gasteiger partial charge in [-0.2, -0.15) is 0 Å². The molecule has 1 unspecified atom stereocenters. The molecular formula is C14H30N2O3. The molecule has 0 rings (SSSR count). The first-order valence-corrected chi connectivity index (χ1v) is 7.16. The van der Waals surface area contributed by atoms with Crippen LogP contribution < -0.4 is 5.32 Å². The summed E-state index contributed by atoms with van der Waals surface area (Å²) in [5.41, 5.74) is 0. The molecule has 0 aliphatic heterocycles. The van der Waals surface area contributed by atoms with Crippen LogP contribution in [-0.4, -0.2) is 63.4 Å². The predicted molar refractivity (Wildman–Crippen MR) is 77.3 cm³/mol. The van der Waals surface area contributed by atoms with E-state index in [0.29, 0.717) is 25.7 Å². The van der Waals surface area contributed by atoms with Crippen LogP contribution in [0.15, 0.2) is 0 Å². The minimum absolute atomic E-state index is 0.171. The van der Waals surface area contributed by atoms with Crippen LogP contribution in [0.3, 0.4) is 0 Å². The molecule has 0 amide bonds. The molecule has 19 heavy (non-hydrogen) atoms. The first-order valence-electron chi connectivity index (χ1n) is 7.16. The van der Waals surface area contributed by atoms with E-state index in [-0.39, 0.29) is 12.0 Å². The Bertz CT molecular complexity index is 235. The minimum atomic E-state index is -0.263. The van der Waals surface area contributed by atoms with Gasteiger partial charge in [-0.15, -0.1) is 0 Å². The van der Waals surface area contributed by atoms with Gasteiger partial charge in [0.25, 0.3) is 0 Å². The van der Waals surface area contributed by atoms with Gasteiger partial charge in [0.2, 0.25) is 0 Å². The van der Waals surface area contributed by atoms with Gasteiger partial charge >= 0.3 is 5.97 Å². The number of methoxy groups -OCH3 is 1. The Balaban J connectivity index is 4.47. The highest BCUT2D eigenvalue weighted by atomic mass is 16.5. The monoisotopic (exact) mass is 274 g/mol. The van der Waals surface area contributed by atoms with Crippen LogP contribution in [0.2, 0.25) is 0 Å². The van der Waals surface area contributed by atoms with E-state index in [1.165, 1.54) is 0 Å². The fourth-order valence-corrected chi connectivity index (χ4v) is 1.96. The molecule has 5 heteroatoms. The van der Waals surface area contributed by atoms with Gasteiger partial charge in [-0.25, -0.2) is 0 Å². The third-order valence-electron chi connectivity index (χ3n) is 2.70. The fourth-order valence-electron chi connectivity index (χ4n) is 1.96. The molecule has 0 aliphatic carbocycles. The molecule has 0 aliphatic rings. The summed E-state index contributed by atoms with van der Waals surface area (Å²) in [6.07, 6.45) is 0. The lowest BCUT2D eigenvalue weighted by atomic mass is 10.2. The summed E-state index contributed by atoms with van der Waals surface area (Å²) in [6.45, 7) is 12.5. The Morgan fingerprint density at radius 2 is 1.95 bits per heavy atom. The molecule has 0 saturated carbocycles. The molecule has 0 aromatic heterocycles. The molecule has 0 aromatic rings. The van der Waals surface area contributed by atoms with Gasteiger partial charge in [-0.3, -0.25) is 9.69 Å². The largest absolute Gasteiger partial charge is 0.465 e. The molecule has 1 N–H and O–H groups in total. The standard InChI is InChI=1S/C14H30N2O3/c1-6-15-13(14(17)19-7-2)11-16(8-9-18-5)10-12(3)4/h12-13,15H,6-11H2,1-5H3. The van der Waals surface area contributed by atoms with Crippen LogP contribution in [-0.2, 0) is 14.3 Å². The summed E-state index contributed by atoms with van der Waals surface area (Å²) in [7, 11) is 1.70. The first kappa shape index (κ1) is 18.4. The molecule has 114 valence electrons. The van der Waals surface area contributed by atoms with Crippen molar-refractivity contribution in [3.8, 4) is 0 Å². The number of rotatable bonds is 11. The Labute approximate surface area is 117 Å². The molecule has 0 aromatic carbocycles. The van der Waals surface area contributed by atoms with E-state index in [0.717, 1.165) is 19.6 Å². The number of carbonyl (C=O) groups is 1. The van der Waals surface area contributed by atoms with E-state index in [9.17, 15) is 4.79 Å². The summed E-state index contributed by atoms with van der Waals surface area (Å²) in [4.78, 5) is 14.1. The smallest absolute Gasteiger partial charge is 0.324 e. The van der Waals surface area contributed by atoms with Crippen LogP contribution in [0.5, 0.6) is 0 Å². The second-order valence-corrected chi connectivity index (χ2v) is 5.01. The maximum atomic E-state index is 11.9. The van der Waals surface area contributed by atoms with Gasteiger partial charge in [0.05, 0.1) is 13.2 Å². The fraction of sp³-hybridized carbons (Fsp3) is 0.929. The zero-order chi connectivity index (χ0) is 14.7. The van der Waals surface area contributed by atoms with Crippen molar-refractivity contribution < 1.29 is 14.3 Å². The number of nitrogens with zero attached hydrogens (tertiary/aromatic N) is 1. The van der Waals surface area contributed by atoms with Crippen molar-refractivity contribution in [3.63, 3.8) is 0 Å². The average molecular weight is 274 g/mol. The van der Waals surface area contributed by atoms with E-state index in [1.54, 1.807) is 7.11 Å². The second kappa shape index (κ2) is 11.2. The topological polar surface area (TPSA) is 50.8 Å². The van der Waals surface area contributed by atoms with Crippen molar-refractivity contribution >= 4 is 5.97 Å². The van der Waals surface area contributed by atoms with Crippen molar-refractivity contribution in [3.05, 3.63) is 0 Å². The van der Waals surface area contributed by atoms with E-state index in [4.69, 9.17) is 9.47 Å². The van der Waals surface area contributed by atoms with Crippen LogP contribution in [0.25, 0.3) is 0 Å². The number of carbonyl (C=O) groups excluding carboxylic acids is 1. The third-order valence-corrected chi connectivity index (χ3v) is 2.70. The van der Waals surface area contributed by atoms with Gasteiger partial charge in [0.15, 0.2) is 0 Å². The highest BCUT2D eigenvalue weighted by molar-refractivity contribution is 5.76. The lowest BCUT2D eigenvalue weighted by Gasteiger charge is -2.28. The normalized spacial score (nSPS) is 13.0. The quantitative estimate of drug-likeness (QED) is 0.572. The predicted octanol–water partition coefficient (Wildman–Crippen LogP) is 1.13. The number of ether oxygens (including phenoxy) is 2. The number of hydrogen-bond donors (Lipinski definition) is 1. The summed E-state index contributed by atoms with van der Waals surface area (Å²) >= 11 is 0. The van der Waals surface area contributed by atoms with Crippen molar-refractivity contribution in [1.29, 1.82) is 0 Å². The lowest BCUT2D eigenvalue weighted by molar-refractivity contribution is -0.146. The van der Waals surface area contributed by atoms with Crippen LogP contribution in [0, 0.1) is 5.92 Å². The molecule has 0 radical (unpaired) electrons. The molecule has 5 nitrogen and oxygen atoms in total. The molecular weight excluding hydrogens is 244 g/mol. The summed E-state index contributed by atoms with van der Waals surface area (Å²) in [5.74, 6) is 0.386. The van der Waals surface area contributed by atoms with Gasteiger partial charge < -0.3 is 14.8 Å². The van der Waals surface area contributed by atoms with E-state index in [1.807, 2.05) is 13.8 Å². The summed E-state index contributed by atoms with van der Waals surface area (Å²) in [6, 6.07) is -0.263. The maximum Gasteiger partial charge on any atom is 0.324 e. The molecule has 0 saturated heterocycles. The summed E-state index contributed by atoms with van der Waals surface area (Å²) in [5, 5.41) is 3.19. The van der Waals surface area contributed by atoms with Crippen LogP contribution in [0.4, 0.5) is 0 Å². The van der Waals surface area contributed by atoms with Crippen molar-refractivity contribution in [1.82, 2.24) is 10.2 Å². The van der Waals surface area contributed by atoms with Crippen molar-refractivity contribution in [2.24, 2.45) is 5.92 Å². The molecule has 0 bridgehead atoms. The SMILES string of the molecule is CCNC(CN(CCOC)CC(C)C)C(=O)OCC.